The summed E-state index contributed by atoms with van der Waals surface area (Å²) in [5.74, 6) is 0. The highest BCUT2D eigenvalue weighted by Crippen LogP contribution is 2.30. The van der Waals surface area contributed by atoms with E-state index in [4.69, 9.17) is 0 Å². The zero-order chi connectivity index (χ0) is 23.6. The molecule has 33 heavy (non-hydrogen) atoms. The van der Waals surface area contributed by atoms with Gasteiger partial charge in [0, 0.05) is 16.6 Å². The van der Waals surface area contributed by atoms with Crippen LogP contribution in [0, 0.1) is 0 Å². The Morgan fingerprint density at radius 3 is 1.58 bits per heavy atom. The number of hydrogen-bond acceptors (Lipinski definition) is 0. The molecule has 0 unspecified atom stereocenters. The number of H-pyrrole nitrogens is 1. The molecule has 0 saturated heterocycles. The number of nitrogens with one attached hydrogen (secondary N) is 1. The molecule has 0 aliphatic heterocycles. The van der Waals surface area contributed by atoms with Gasteiger partial charge < -0.3 is 4.98 Å². The third-order valence-electron chi connectivity index (χ3n) is 7.46. The smallest absolute Gasteiger partial charge is 0.0461 e. The van der Waals surface area contributed by atoms with E-state index in [0.29, 0.717) is 0 Å². The number of unbranched alkanes of at least 4 members (excludes halogenated alkanes) is 15. The average Bonchev–Trinajstić information content (AvgIpc) is 3.18. The van der Waals surface area contributed by atoms with E-state index in [0.717, 1.165) is 0 Å². The van der Waals surface area contributed by atoms with Crippen molar-refractivity contribution >= 4 is 10.9 Å². The largest absolute Gasteiger partial charge is 0.358 e. The highest BCUT2D eigenvalue weighted by atomic mass is 14.7. The molecule has 0 saturated carbocycles. The first-order valence-electron chi connectivity index (χ1n) is 14.9. The van der Waals surface area contributed by atoms with Crippen LogP contribution in [-0.4, -0.2) is 4.98 Å². The molecular formula is C32H55N. The van der Waals surface area contributed by atoms with Crippen molar-refractivity contribution in [1.82, 2.24) is 4.98 Å². The highest BCUT2D eigenvalue weighted by Gasteiger charge is 2.14. The molecule has 1 nitrogen and oxygen atoms in total. The van der Waals surface area contributed by atoms with Crippen molar-refractivity contribution in [3.8, 4) is 0 Å². The number of hydrogen-bond donors (Lipinski definition) is 1. The van der Waals surface area contributed by atoms with Gasteiger partial charge in [-0.05, 0) is 55.7 Å². The standard InChI is InChI=1S/C32H55N/c1-4-7-10-13-16-19-23-28-24-22-27-31-32(28)29(25-20-17-14-11-8-5-2)30(33-31)26-21-18-15-12-9-6-3/h22,24,27,33H,4-21,23,25-26H2,1-3H3. The number of benzene rings is 1. The fourth-order valence-corrected chi connectivity index (χ4v) is 5.41. The quantitative estimate of drug-likeness (QED) is 0.181. The van der Waals surface area contributed by atoms with Gasteiger partial charge in [-0.1, -0.05) is 129 Å². The zero-order valence-electron chi connectivity index (χ0n) is 22.6. The minimum atomic E-state index is 1.24. The third-order valence-corrected chi connectivity index (χ3v) is 7.46. The van der Waals surface area contributed by atoms with Crippen molar-refractivity contribution in [1.29, 1.82) is 0 Å². The Morgan fingerprint density at radius 2 is 1.00 bits per heavy atom. The molecule has 1 heterocycles. The van der Waals surface area contributed by atoms with Gasteiger partial charge in [0.15, 0.2) is 0 Å². The molecule has 2 rings (SSSR count). The van der Waals surface area contributed by atoms with Crippen LogP contribution in [0.1, 0.15) is 153 Å². The predicted octanol–water partition coefficient (Wildman–Crippen LogP) is 10.9. The van der Waals surface area contributed by atoms with E-state index in [1.165, 1.54) is 140 Å². The van der Waals surface area contributed by atoms with Gasteiger partial charge in [0.1, 0.15) is 0 Å². The van der Waals surface area contributed by atoms with Crippen molar-refractivity contribution in [2.75, 3.05) is 0 Å². The van der Waals surface area contributed by atoms with Gasteiger partial charge in [-0.2, -0.15) is 0 Å². The summed E-state index contributed by atoms with van der Waals surface area (Å²) in [6.45, 7) is 6.92. The van der Waals surface area contributed by atoms with Crippen LogP contribution in [0.2, 0.25) is 0 Å². The number of aryl methyl sites for hydroxylation is 3. The van der Waals surface area contributed by atoms with Gasteiger partial charge in [0.05, 0.1) is 0 Å². The summed E-state index contributed by atoms with van der Waals surface area (Å²) in [5, 5.41) is 1.60. The number of fused-ring (bicyclic) bond motifs is 1. The van der Waals surface area contributed by atoms with Crippen molar-refractivity contribution in [2.45, 2.75) is 156 Å². The van der Waals surface area contributed by atoms with Crippen molar-refractivity contribution < 1.29 is 0 Å². The SMILES string of the molecule is CCCCCCCCc1[nH]c2cccc(CCCCCCCC)c2c1CCCCCCCC. The molecule has 1 aromatic heterocycles. The Morgan fingerprint density at radius 1 is 0.515 bits per heavy atom. The molecule has 0 amide bonds. The Labute approximate surface area is 206 Å². The predicted molar refractivity (Wildman–Crippen MR) is 150 cm³/mol. The molecule has 1 heteroatoms. The molecule has 0 radical (unpaired) electrons. The lowest BCUT2D eigenvalue weighted by molar-refractivity contribution is 0.598. The molecule has 0 aliphatic carbocycles. The highest BCUT2D eigenvalue weighted by molar-refractivity contribution is 5.88. The van der Waals surface area contributed by atoms with Gasteiger partial charge in [-0.15, -0.1) is 0 Å². The minimum Gasteiger partial charge on any atom is -0.358 e. The second kappa shape index (κ2) is 18.1. The lowest BCUT2D eigenvalue weighted by Gasteiger charge is -2.09. The van der Waals surface area contributed by atoms with E-state index in [1.54, 1.807) is 22.2 Å². The van der Waals surface area contributed by atoms with Gasteiger partial charge in [0.2, 0.25) is 0 Å². The van der Waals surface area contributed by atoms with E-state index in [1.807, 2.05) is 0 Å². The summed E-state index contributed by atoms with van der Waals surface area (Å²) in [4.78, 5) is 3.89. The van der Waals surface area contributed by atoms with Crippen LogP contribution >= 0.6 is 0 Å². The Kier molecular flexibility index (Phi) is 15.4. The van der Waals surface area contributed by atoms with Gasteiger partial charge in [-0.25, -0.2) is 0 Å². The molecule has 2 aromatic rings. The number of rotatable bonds is 21. The molecule has 0 bridgehead atoms. The first kappa shape index (κ1) is 28.0. The number of aromatic nitrogens is 1. The Hall–Kier alpha value is -1.24. The van der Waals surface area contributed by atoms with Crippen LogP contribution in [0.3, 0.4) is 0 Å². The normalized spacial score (nSPS) is 11.6. The second-order valence-electron chi connectivity index (χ2n) is 10.5. The van der Waals surface area contributed by atoms with Crippen LogP contribution < -0.4 is 0 Å². The van der Waals surface area contributed by atoms with E-state index in [-0.39, 0.29) is 0 Å². The first-order chi connectivity index (χ1) is 16.3. The summed E-state index contributed by atoms with van der Waals surface area (Å²) in [6.07, 6.45) is 28.6. The summed E-state index contributed by atoms with van der Waals surface area (Å²) in [7, 11) is 0. The molecular weight excluding hydrogens is 398 g/mol. The van der Waals surface area contributed by atoms with Gasteiger partial charge >= 0.3 is 0 Å². The first-order valence-corrected chi connectivity index (χ1v) is 14.9. The van der Waals surface area contributed by atoms with Gasteiger partial charge in [-0.3, -0.25) is 0 Å². The topological polar surface area (TPSA) is 15.8 Å². The second-order valence-corrected chi connectivity index (χ2v) is 10.5. The summed E-state index contributed by atoms with van der Waals surface area (Å²) < 4.78 is 0. The lowest BCUT2D eigenvalue weighted by atomic mass is 9.95. The van der Waals surface area contributed by atoms with E-state index >= 15 is 0 Å². The maximum atomic E-state index is 3.89. The van der Waals surface area contributed by atoms with E-state index < -0.39 is 0 Å². The summed E-state index contributed by atoms with van der Waals surface area (Å²) >= 11 is 0. The molecule has 1 N–H and O–H groups in total. The maximum absolute atomic E-state index is 3.89. The molecule has 0 aliphatic rings. The fraction of sp³-hybridized carbons (Fsp3) is 0.750. The van der Waals surface area contributed by atoms with Crippen LogP contribution in [0.15, 0.2) is 18.2 Å². The molecule has 0 atom stereocenters. The summed E-state index contributed by atoms with van der Waals surface area (Å²) in [6, 6.07) is 7.03. The van der Waals surface area contributed by atoms with Crippen LogP contribution in [0.5, 0.6) is 0 Å². The van der Waals surface area contributed by atoms with Crippen molar-refractivity contribution in [2.24, 2.45) is 0 Å². The molecule has 0 spiro atoms. The van der Waals surface area contributed by atoms with E-state index in [9.17, 15) is 0 Å². The monoisotopic (exact) mass is 453 g/mol. The molecule has 0 fully saturated rings. The Bertz CT molecular complexity index is 725. The maximum Gasteiger partial charge on any atom is 0.0461 e. The Balaban J connectivity index is 2.03. The average molecular weight is 454 g/mol. The minimum absolute atomic E-state index is 1.24. The number of aromatic amines is 1. The van der Waals surface area contributed by atoms with Crippen molar-refractivity contribution in [3.63, 3.8) is 0 Å². The lowest BCUT2D eigenvalue weighted by Crippen LogP contribution is -1.96. The third kappa shape index (κ3) is 10.7. The molecule has 188 valence electrons. The van der Waals surface area contributed by atoms with E-state index in [2.05, 4.69) is 44.0 Å². The van der Waals surface area contributed by atoms with Crippen LogP contribution in [-0.2, 0) is 19.3 Å². The fourth-order valence-electron chi connectivity index (χ4n) is 5.41. The zero-order valence-corrected chi connectivity index (χ0v) is 22.6. The van der Waals surface area contributed by atoms with Crippen molar-refractivity contribution in [3.05, 3.63) is 35.0 Å². The van der Waals surface area contributed by atoms with Gasteiger partial charge in [0.25, 0.3) is 0 Å². The van der Waals surface area contributed by atoms with Crippen LogP contribution in [0.4, 0.5) is 0 Å². The van der Waals surface area contributed by atoms with Crippen LogP contribution in [0.25, 0.3) is 10.9 Å². The summed E-state index contributed by atoms with van der Waals surface area (Å²) in [5.41, 5.74) is 6.25. The molecule has 1 aromatic carbocycles.